The normalized spacial score (nSPS) is 12.8. The molecule has 0 saturated carbocycles. The predicted octanol–water partition coefficient (Wildman–Crippen LogP) is 3.28. The molecular weight excluding hydrogens is 324 g/mol. The minimum absolute atomic E-state index is 0.0563. The van der Waals surface area contributed by atoms with Gasteiger partial charge in [0.2, 0.25) is 0 Å². The first kappa shape index (κ1) is 16.4. The van der Waals surface area contributed by atoms with Gasteiger partial charge in [0, 0.05) is 24.9 Å². The van der Waals surface area contributed by atoms with Crippen LogP contribution in [0.4, 0.5) is 11.4 Å². The molecule has 2 rings (SSSR count). The first-order chi connectivity index (χ1) is 10.3. The number of sulfone groups is 1. The molecule has 0 aliphatic carbocycles. The van der Waals surface area contributed by atoms with Crippen molar-refractivity contribution in [1.82, 2.24) is 0 Å². The van der Waals surface area contributed by atoms with E-state index in [0.717, 1.165) is 12.3 Å². The van der Waals surface area contributed by atoms with Gasteiger partial charge in [-0.15, -0.1) is 0 Å². The lowest BCUT2D eigenvalue weighted by atomic mass is 10.1. The summed E-state index contributed by atoms with van der Waals surface area (Å²) in [6, 6.07) is 5.85. The Morgan fingerprint density at radius 3 is 2.64 bits per heavy atom. The molecule has 0 amide bonds. The van der Waals surface area contributed by atoms with Gasteiger partial charge in [0.05, 0.1) is 15.5 Å². The van der Waals surface area contributed by atoms with Gasteiger partial charge in [-0.1, -0.05) is 6.92 Å². The standard InChI is InChI=1S/C14H16N2O4S2/c1-10(11-5-6-21-9-11)8-15-13-4-3-12(16(17)18)7-14(13)22(2,19)20/h3-7,9-10,15H,8H2,1-2H3/t10-/m0/s1. The van der Waals surface area contributed by atoms with Gasteiger partial charge in [0.1, 0.15) is 0 Å². The molecule has 0 fully saturated rings. The van der Waals surface area contributed by atoms with E-state index in [1.807, 2.05) is 23.8 Å². The summed E-state index contributed by atoms with van der Waals surface area (Å²) in [6.45, 7) is 2.57. The molecular formula is C14H16N2O4S2. The van der Waals surface area contributed by atoms with Crippen molar-refractivity contribution in [3.63, 3.8) is 0 Å². The van der Waals surface area contributed by atoms with Gasteiger partial charge in [-0.3, -0.25) is 10.1 Å². The van der Waals surface area contributed by atoms with E-state index in [-0.39, 0.29) is 16.5 Å². The quantitative estimate of drug-likeness (QED) is 0.644. The van der Waals surface area contributed by atoms with E-state index in [1.165, 1.54) is 17.7 Å². The molecule has 1 aromatic carbocycles. The van der Waals surface area contributed by atoms with Gasteiger partial charge in [-0.2, -0.15) is 11.3 Å². The molecule has 1 atom stereocenters. The monoisotopic (exact) mass is 340 g/mol. The minimum Gasteiger partial charge on any atom is -0.383 e. The number of thiophene rings is 1. The largest absolute Gasteiger partial charge is 0.383 e. The second-order valence-corrected chi connectivity index (χ2v) is 7.81. The summed E-state index contributed by atoms with van der Waals surface area (Å²) >= 11 is 1.60. The van der Waals surface area contributed by atoms with Gasteiger partial charge in [0.15, 0.2) is 9.84 Å². The van der Waals surface area contributed by atoms with Crippen LogP contribution in [-0.4, -0.2) is 26.1 Å². The van der Waals surface area contributed by atoms with E-state index in [9.17, 15) is 18.5 Å². The smallest absolute Gasteiger partial charge is 0.270 e. The van der Waals surface area contributed by atoms with Crippen molar-refractivity contribution in [3.8, 4) is 0 Å². The van der Waals surface area contributed by atoms with Crippen molar-refractivity contribution in [1.29, 1.82) is 0 Å². The Morgan fingerprint density at radius 2 is 2.09 bits per heavy atom. The minimum atomic E-state index is -3.56. The van der Waals surface area contributed by atoms with Crippen LogP contribution in [0, 0.1) is 10.1 Å². The van der Waals surface area contributed by atoms with Crippen LogP contribution >= 0.6 is 11.3 Å². The molecule has 118 valence electrons. The van der Waals surface area contributed by atoms with E-state index >= 15 is 0 Å². The van der Waals surface area contributed by atoms with Crippen LogP contribution in [0.15, 0.2) is 39.9 Å². The van der Waals surface area contributed by atoms with Crippen LogP contribution in [0.5, 0.6) is 0 Å². The van der Waals surface area contributed by atoms with E-state index < -0.39 is 14.8 Å². The fraction of sp³-hybridized carbons (Fsp3) is 0.286. The van der Waals surface area contributed by atoms with E-state index in [4.69, 9.17) is 0 Å². The number of nitro benzene ring substituents is 1. The van der Waals surface area contributed by atoms with Gasteiger partial charge < -0.3 is 5.32 Å². The van der Waals surface area contributed by atoms with Crippen LogP contribution in [0.2, 0.25) is 0 Å². The average Bonchev–Trinajstić information content (AvgIpc) is 2.97. The van der Waals surface area contributed by atoms with Crippen molar-refractivity contribution in [2.24, 2.45) is 0 Å². The van der Waals surface area contributed by atoms with Crippen molar-refractivity contribution >= 4 is 32.5 Å². The van der Waals surface area contributed by atoms with E-state index in [0.29, 0.717) is 12.2 Å². The Kier molecular flexibility index (Phi) is 4.82. The SMILES string of the molecule is C[C@@H](CNc1ccc([N+](=O)[O-])cc1S(C)(=O)=O)c1ccsc1. The number of nitro groups is 1. The fourth-order valence-corrected chi connectivity index (χ4v) is 3.67. The Bertz CT molecular complexity index is 770. The molecule has 0 bridgehead atoms. The number of rotatable bonds is 6. The van der Waals surface area contributed by atoms with Gasteiger partial charge in [0.25, 0.3) is 5.69 Å². The molecule has 0 saturated heterocycles. The van der Waals surface area contributed by atoms with Gasteiger partial charge in [-0.25, -0.2) is 8.42 Å². The lowest BCUT2D eigenvalue weighted by Crippen LogP contribution is -2.12. The maximum absolute atomic E-state index is 11.8. The summed E-state index contributed by atoms with van der Waals surface area (Å²) in [5, 5.41) is 17.9. The molecule has 0 radical (unpaired) electrons. The second kappa shape index (κ2) is 6.45. The highest BCUT2D eigenvalue weighted by Crippen LogP contribution is 2.27. The molecule has 0 aliphatic heterocycles. The van der Waals surface area contributed by atoms with Crippen LogP contribution < -0.4 is 5.32 Å². The van der Waals surface area contributed by atoms with Crippen molar-refractivity contribution in [2.75, 3.05) is 18.1 Å². The Labute approximate surface area is 132 Å². The summed E-state index contributed by atoms with van der Waals surface area (Å²) in [6.07, 6.45) is 1.04. The number of benzene rings is 1. The summed E-state index contributed by atoms with van der Waals surface area (Å²) in [5.74, 6) is 0.203. The highest BCUT2D eigenvalue weighted by atomic mass is 32.2. The average molecular weight is 340 g/mol. The van der Waals surface area contributed by atoms with Gasteiger partial charge >= 0.3 is 0 Å². The number of nitrogens with one attached hydrogen (secondary N) is 1. The lowest BCUT2D eigenvalue weighted by molar-refractivity contribution is -0.385. The highest BCUT2D eigenvalue weighted by Gasteiger charge is 2.19. The lowest BCUT2D eigenvalue weighted by Gasteiger charge is -2.14. The predicted molar refractivity (Wildman–Crippen MR) is 87.4 cm³/mol. The van der Waals surface area contributed by atoms with Crippen LogP contribution in [0.3, 0.4) is 0 Å². The zero-order valence-electron chi connectivity index (χ0n) is 12.1. The molecule has 0 unspecified atom stereocenters. The highest BCUT2D eigenvalue weighted by molar-refractivity contribution is 7.90. The Hall–Kier alpha value is -1.93. The molecule has 22 heavy (non-hydrogen) atoms. The Balaban J connectivity index is 2.25. The second-order valence-electron chi connectivity index (χ2n) is 5.05. The molecule has 1 heterocycles. The zero-order chi connectivity index (χ0) is 16.3. The topological polar surface area (TPSA) is 89.3 Å². The number of hydrogen-bond donors (Lipinski definition) is 1. The number of anilines is 1. The molecule has 6 nitrogen and oxygen atoms in total. The van der Waals surface area contributed by atoms with Crippen LogP contribution in [-0.2, 0) is 9.84 Å². The van der Waals surface area contributed by atoms with E-state index in [1.54, 1.807) is 11.3 Å². The summed E-state index contributed by atoms with van der Waals surface area (Å²) in [4.78, 5) is 10.1. The molecule has 1 aromatic heterocycles. The zero-order valence-corrected chi connectivity index (χ0v) is 13.8. The van der Waals surface area contributed by atoms with Crippen molar-refractivity contribution in [2.45, 2.75) is 17.7 Å². The molecule has 0 spiro atoms. The first-order valence-corrected chi connectivity index (χ1v) is 9.37. The molecule has 2 aromatic rings. The first-order valence-electron chi connectivity index (χ1n) is 6.53. The maximum atomic E-state index is 11.8. The Morgan fingerprint density at radius 1 is 1.36 bits per heavy atom. The summed E-state index contributed by atoms with van der Waals surface area (Å²) in [5.41, 5.74) is 1.31. The van der Waals surface area contributed by atoms with E-state index in [2.05, 4.69) is 5.32 Å². The summed E-state index contributed by atoms with van der Waals surface area (Å²) < 4.78 is 23.7. The molecule has 1 N–H and O–H groups in total. The third-order valence-corrected chi connectivity index (χ3v) is 5.12. The number of nitrogens with zero attached hydrogens (tertiary/aromatic N) is 1. The summed E-state index contributed by atoms with van der Waals surface area (Å²) in [7, 11) is -3.56. The molecule has 0 aliphatic rings. The maximum Gasteiger partial charge on any atom is 0.270 e. The third-order valence-electron chi connectivity index (χ3n) is 3.29. The molecule has 8 heteroatoms. The fourth-order valence-electron chi connectivity index (χ4n) is 2.01. The number of hydrogen-bond acceptors (Lipinski definition) is 6. The van der Waals surface area contributed by atoms with Gasteiger partial charge in [-0.05, 0) is 34.4 Å². The van der Waals surface area contributed by atoms with Crippen LogP contribution in [0.1, 0.15) is 18.4 Å². The van der Waals surface area contributed by atoms with Crippen molar-refractivity contribution < 1.29 is 13.3 Å². The number of non-ortho nitro benzene ring substituents is 1. The van der Waals surface area contributed by atoms with Crippen LogP contribution in [0.25, 0.3) is 0 Å². The third kappa shape index (κ3) is 3.83. The van der Waals surface area contributed by atoms with Crippen molar-refractivity contribution in [3.05, 3.63) is 50.7 Å².